The van der Waals surface area contributed by atoms with E-state index in [-0.39, 0.29) is 49.3 Å². The molecule has 35 heavy (non-hydrogen) atoms. The summed E-state index contributed by atoms with van der Waals surface area (Å²) in [5.74, 6) is -2.75. The monoisotopic (exact) mass is 491 g/mol. The van der Waals surface area contributed by atoms with Gasteiger partial charge in [0.05, 0.1) is 19.4 Å². The Kier molecular flexibility index (Phi) is 9.18. The molecule has 0 aliphatic rings. The van der Waals surface area contributed by atoms with Crippen LogP contribution in [0.15, 0.2) is 42.6 Å². The fourth-order valence-corrected chi connectivity index (χ4v) is 3.03. The summed E-state index contributed by atoms with van der Waals surface area (Å²) in [6, 6.07) is 8.30. The number of nitrogens with zero attached hydrogens (tertiary/aromatic N) is 3. The van der Waals surface area contributed by atoms with Crippen LogP contribution < -0.4 is 15.4 Å². The van der Waals surface area contributed by atoms with Crippen molar-refractivity contribution in [3.63, 3.8) is 0 Å². The molecule has 0 spiro atoms. The number of hydrogen-bond acceptors (Lipinski definition) is 6. The molecule has 9 nitrogen and oxygen atoms in total. The number of ether oxygens (including phenoxy) is 2. The van der Waals surface area contributed by atoms with Crippen molar-refractivity contribution in [2.24, 2.45) is 0 Å². The normalized spacial score (nSPS) is 10.7. The average Bonchev–Trinajstić information content (AvgIpc) is 3.35. The van der Waals surface area contributed by atoms with Gasteiger partial charge in [-0.1, -0.05) is 17.3 Å². The molecule has 12 heteroatoms. The Balaban J connectivity index is 1.76. The quantitative estimate of drug-likeness (QED) is 0.377. The molecule has 0 atom stereocenters. The lowest BCUT2D eigenvalue weighted by molar-refractivity contribution is 0.0894. The number of amides is 2. The van der Waals surface area contributed by atoms with Crippen LogP contribution in [0.25, 0.3) is 5.69 Å². The van der Waals surface area contributed by atoms with E-state index in [1.165, 1.54) is 29.1 Å². The van der Waals surface area contributed by atoms with Gasteiger partial charge in [0.1, 0.15) is 24.7 Å². The number of aromatic nitrogens is 3. The molecular formula is C23H24F3N5O4. The highest BCUT2D eigenvalue weighted by atomic mass is 19.2. The Bertz CT molecular complexity index is 1170. The summed E-state index contributed by atoms with van der Waals surface area (Å²) in [5, 5.41) is 12.9. The first-order chi connectivity index (χ1) is 16.9. The van der Waals surface area contributed by atoms with E-state index in [1.807, 2.05) is 0 Å². The summed E-state index contributed by atoms with van der Waals surface area (Å²) in [6.07, 6.45) is 1.32. The van der Waals surface area contributed by atoms with Gasteiger partial charge in [-0.2, -0.15) is 0 Å². The number of alkyl halides is 1. The molecule has 1 heterocycles. The summed E-state index contributed by atoms with van der Waals surface area (Å²) in [5.41, 5.74) is 0.626. The molecule has 0 saturated carbocycles. The summed E-state index contributed by atoms with van der Waals surface area (Å²) in [6.45, 7) is 1.50. The molecule has 0 saturated heterocycles. The van der Waals surface area contributed by atoms with Crippen LogP contribution in [0, 0.1) is 11.6 Å². The van der Waals surface area contributed by atoms with Crippen LogP contribution in [0.4, 0.5) is 13.2 Å². The number of carbonyl (C=O) groups is 2. The van der Waals surface area contributed by atoms with Crippen LogP contribution in [-0.2, 0) is 11.3 Å². The minimum Gasteiger partial charge on any atom is -0.489 e. The zero-order valence-corrected chi connectivity index (χ0v) is 18.9. The fraction of sp³-hybridized carbons (Fsp3) is 0.304. The summed E-state index contributed by atoms with van der Waals surface area (Å²) < 4.78 is 51.4. The van der Waals surface area contributed by atoms with Crippen LogP contribution in [0.2, 0.25) is 0 Å². The third-order valence-electron chi connectivity index (χ3n) is 4.71. The molecule has 3 aromatic rings. The fourth-order valence-electron chi connectivity index (χ4n) is 3.03. The lowest BCUT2D eigenvalue weighted by Gasteiger charge is -2.13. The maximum atomic E-state index is 13.8. The van der Waals surface area contributed by atoms with E-state index in [2.05, 4.69) is 20.9 Å². The SMILES string of the molecule is CCNC(=O)c1ccc(-n2cc(C(=O)NCc3cccc(F)c3F)nn2)c(OCCOCCF)c1. The highest BCUT2D eigenvalue weighted by Gasteiger charge is 2.17. The standard InChI is InChI=1S/C23H24F3N5O4/c1-2-27-22(32)15-6-7-19(20(12-15)35-11-10-34-9-8-24)31-14-18(29-30-31)23(33)28-13-16-4-3-5-17(25)21(16)26/h3-7,12,14H,2,8-11,13H2,1H3,(H,27,32)(H,28,33). The van der Waals surface area contributed by atoms with Crippen LogP contribution >= 0.6 is 0 Å². The maximum Gasteiger partial charge on any atom is 0.273 e. The van der Waals surface area contributed by atoms with E-state index in [9.17, 15) is 22.8 Å². The molecule has 2 amide bonds. The van der Waals surface area contributed by atoms with Crippen LogP contribution in [0.5, 0.6) is 5.75 Å². The van der Waals surface area contributed by atoms with Gasteiger partial charge in [-0.3, -0.25) is 9.59 Å². The first-order valence-electron chi connectivity index (χ1n) is 10.8. The van der Waals surface area contributed by atoms with Crippen molar-refractivity contribution in [2.75, 3.05) is 33.0 Å². The van der Waals surface area contributed by atoms with Crippen molar-refractivity contribution in [1.29, 1.82) is 0 Å². The largest absolute Gasteiger partial charge is 0.489 e. The predicted molar refractivity (Wildman–Crippen MR) is 119 cm³/mol. The Labute approximate surface area is 199 Å². The molecule has 2 N–H and O–H groups in total. The van der Waals surface area contributed by atoms with Gasteiger partial charge >= 0.3 is 0 Å². The number of halogens is 3. The first kappa shape index (κ1) is 25.7. The van der Waals surface area contributed by atoms with Crippen molar-refractivity contribution in [3.05, 3.63) is 71.1 Å². The predicted octanol–water partition coefficient (Wildman–Crippen LogP) is 2.59. The van der Waals surface area contributed by atoms with Crippen LogP contribution in [0.3, 0.4) is 0 Å². The summed E-state index contributed by atoms with van der Waals surface area (Å²) in [4.78, 5) is 24.7. The first-order valence-corrected chi connectivity index (χ1v) is 10.8. The number of hydrogen-bond donors (Lipinski definition) is 2. The van der Waals surface area contributed by atoms with E-state index < -0.39 is 24.2 Å². The second kappa shape index (κ2) is 12.5. The molecule has 186 valence electrons. The minimum absolute atomic E-state index is 0.0163. The Morgan fingerprint density at radius 3 is 2.66 bits per heavy atom. The molecule has 0 unspecified atom stereocenters. The molecular weight excluding hydrogens is 467 g/mol. The molecule has 0 bridgehead atoms. The van der Waals surface area contributed by atoms with Gasteiger partial charge in [0.25, 0.3) is 11.8 Å². The molecule has 2 aromatic carbocycles. The van der Waals surface area contributed by atoms with Gasteiger partial charge < -0.3 is 20.1 Å². The molecule has 0 aliphatic carbocycles. The van der Waals surface area contributed by atoms with Gasteiger partial charge in [0.15, 0.2) is 17.3 Å². The third-order valence-corrected chi connectivity index (χ3v) is 4.71. The third kappa shape index (κ3) is 6.79. The number of nitrogens with one attached hydrogen (secondary N) is 2. The minimum atomic E-state index is -1.04. The second-order valence-corrected chi connectivity index (χ2v) is 7.14. The van der Waals surface area contributed by atoms with Crippen LogP contribution in [-0.4, -0.2) is 59.8 Å². The van der Waals surface area contributed by atoms with Gasteiger partial charge in [-0.15, -0.1) is 5.10 Å². The lowest BCUT2D eigenvalue weighted by atomic mass is 10.1. The maximum absolute atomic E-state index is 13.8. The summed E-state index contributed by atoms with van der Waals surface area (Å²) in [7, 11) is 0. The van der Waals surface area contributed by atoms with E-state index in [0.717, 1.165) is 6.07 Å². The zero-order valence-electron chi connectivity index (χ0n) is 18.9. The van der Waals surface area contributed by atoms with E-state index in [1.54, 1.807) is 19.1 Å². The second-order valence-electron chi connectivity index (χ2n) is 7.14. The number of benzene rings is 2. The molecule has 3 rings (SSSR count). The average molecular weight is 491 g/mol. The summed E-state index contributed by atoms with van der Waals surface area (Å²) >= 11 is 0. The van der Waals surface area contributed by atoms with Gasteiger partial charge in [0, 0.05) is 24.2 Å². The zero-order chi connectivity index (χ0) is 25.2. The molecule has 0 radical (unpaired) electrons. The number of rotatable bonds is 12. The topological polar surface area (TPSA) is 107 Å². The lowest BCUT2D eigenvalue weighted by Crippen LogP contribution is -2.24. The van der Waals surface area contributed by atoms with E-state index in [4.69, 9.17) is 9.47 Å². The van der Waals surface area contributed by atoms with Gasteiger partial charge in [-0.05, 0) is 31.2 Å². The molecule has 0 aliphatic heterocycles. The van der Waals surface area contributed by atoms with E-state index in [0.29, 0.717) is 17.8 Å². The van der Waals surface area contributed by atoms with Crippen molar-refractivity contribution in [3.8, 4) is 11.4 Å². The van der Waals surface area contributed by atoms with Crippen molar-refractivity contribution in [1.82, 2.24) is 25.6 Å². The van der Waals surface area contributed by atoms with Crippen molar-refractivity contribution >= 4 is 11.8 Å². The van der Waals surface area contributed by atoms with Crippen molar-refractivity contribution in [2.45, 2.75) is 13.5 Å². The molecule has 0 fully saturated rings. The Hall–Kier alpha value is -3.93. The van der Waals surface area contributed by atoms with Gasteiger partial charge in [-0.25, -0.2) is 17.9 Å². The van der Waals surface area contributed by atoms with E-state index >= 15 is 0 Å². The van der Waals surface area contributed by atoms with Gasteiger partial charge in [0.2, 0.25) is 0 Å². The molecule has 1 aromatic heterocycles. The Morgan fingerprint density at radius 2 is 1.89 bits per heavy atom. The smallest absolute Gasteiger partial charge is 0.273 e. The van der Waals surface area contributed by atoms with Crippen molar-refractivity contribution < 1.29 is 32.2 Å². The Morgan fingerprint density at radius 1 is 1.06 bits per heavy atom. The highest BCUT2D eigenvalue weighted by Crippen LogP contribution is 2.24. The number of carbonyl (C=O) groups excluding carboxylic acids is 2. The highest BCUT2D eigenvalue weighted by molar-refractivity contribution is 5.95. The van der Waals surface area contributed by atoms with Crippen LogP contribution in [0.1, 0.15) is 33.3 Å².